The van der Waals surface area contributed by atoms with Crippen molar-refractivity contribution < 1.29 is 19.1 Å². The van der Waals surface area contributed by atoms with Crippen LogP contribution in [0.15, 0.2) is 64.1 Å². The molecule has 1 amide bonds. The summed E-state index contributed by atoms with van der Waals surface area (Å²) >= 11 is 1.44. The van der Waals surface area contributed by atoms with Crippen LogP contribution < -0.4 is 0 Å². The van der Waals surface area contributed by atoms with E-state index >= 15 is 0 Å². The number of aliphatic hydroxyl groups is 1. The molecular formula is C22H19NO4S. The van der Waals surface area contributed by atoms with Gasteiger partial charge in [0.05, 0.1) is 18.4 Å². The van der Waals surface area contributed by atoms with E-state index in [0.29, 0.717) is 11.3 Å². The van der Waals surface area contributed by atoms with Gasteiger partial charge in [0.2, 0.25) is 0 Å². The lowest BCUT2D eigenvalue weighted by Crippen LogP contribution is -2.28. The molecule has 4 rings (SSSR count). The van der Waals surface area contributed by atoms with E-state index < -0.39 is 17.7 Å². The van der Waals surface area contributed by atoms with Gasteiger partial charge in [-0.25, -0.2) is 0 Å². The number of rotatable bonds is 4. The summed E-state index contributed by atoms with van der Waals surface area (Å²) in [5.74, 6) is -0.875. The summed E-state index contributed by atoms with van der Waals surface area (Å²) in [6.07, 6.45) is 1.53. The van der Waals surface area contributed by atoms with Crippen molar-refractivity contribution in [1.29, 1.82) is 0 Å². The summed E-state index contributed by atoms with van der Waals surface area (Å²) in [6.45, 7) is 3.94. The summed E-state index contributed by atoms with van der Waals surface area (Å²) in [7, 11) is 0. The maximum absolute atomic E-state index is 12.9. The summed E-state index contributed by atoms with van der Waals surface area (Å²) < 4.78 is 5.38. The number of nitrogens with zero attached hydrogens (tertiary/aromatic N) is 1. The third-order valence-electron chi connectivity index (χ3n) is 4.91. The largest absolute Gasteiger partial charge is 0.507 e. The highest BCUT2D eigenvalue weighted by Gasteiger charge is 2.46. The van der Waals surface area contributed by atoms with Crippen LogP contribution >= 0.6 is 11.3 Å². The lowest BCUT2D eigenvalue weighted by atomic mass is 9.96. The van der Waals surface area contributed by atoms with E-state index in [2.05, 4.69) is 0 Å². The van der Waals surface area contributed by atoms with Crippen molar-refractivity contribution in [2.45, 2.75) is 26.4 Å². The van der Waals surface area contributed by atoms with Gasteiger partial charge in [-0.15, -0.1) is 11.3 Å². The highest BCUT2D eigenvalue weighted by atomic mass is 32.1. The molecule has 1 aromatic carbocycles. The van der Waals surface area contributed by atoms with Crippen LogP contribution in [0.3, 0.4) is 0 Å². The molecule has 0 radical (unpaired) electrons. The van der Waals surface area contributed by atoms with E-state index in [1.807, 2.05) is 49.6 Å². The zero-order valence-electron chi connectivity index (χ0n) is 15.5. The molecule has 6 heteroatoms. The van der Waals surface area contributed by atoms with Crippen LogP contribution in [0.5, 0.6) is 0 Å². The molecule has 5 nitrogen and oxygen atoms in total. The first-order valence-electron chi connectivity index (χ1n) is 8.89. The number of aliphatic hydroxyl groups excluding tert-OH is 1. The average Bonchev–Trinajstić information content (AvgIpc) is 3.42. The first-order chi connectivity index (χ1) is 13.5. The Balaban J connectivity index is 1.88. The van der Waals surface area contributed by atoms with E-state index in [9.17, 15) is 14.7 Å². The van der Waals surface area contributed by atoms with Crippen molar-refractivity contribution in [3.63, 3.8) is 0 Å². The van der Waals surface area contributed by atoms with Crippen molar-refractivity contribution in [3.05, 3.63) is 87.0 Å². The molecule has 1 fully saturated rings. The van der Waals surface area contributed by atoms with Gasteiger partial charge in [-0.3, -0.25) is 9.59 Å². The predicted molar refractivity (Wildman–Crippen MR) is 107 cm³/mol. The highest BCUT2D eigenvalue weighted by Crippen LogP contribution is 2.42. The third kappa shape index (κ3) is 3.05. The normalized spacial score (nSPS) is 18.8. The Hall–Kier alpha value is -3.12. The molecule has 0 bridgehead atoms. The molecule has 1 N–H and O–H groups in total. The molecule has 142 valence electrons. The number of Topliss-reactive ketones (excluding diaryl/α,β-unsaturated/α-hetero) is 1. The molecular weight excluding hydrogens is 374 g/mol. The zero-order valence-corrected chi connectivity index (χ0v) is 16.3. The van der Waals surface area contributed by atoms with Crippen molar-refractivity contribution in [2.24, 2.45) is 0 Å². The minimum absolute atomic E-state index is 0.118. The van der Waals surface area contributed by atoms with E-state index in [1.54, 1.807) is 12.1 Å². The van der Waals surface area contributed by atoms with Crippen molar-refractivity contribution in [1.82, 2.24) is 4.90 Å². The number of benzene rings is 1. The number of carbonyl (C=O) groups is 2. The molecule has 28 heavy (non-hydrogen) atoms. The highest BCUT2D eigenvalue weighted by molar-refractivity contribution is 7.10. The summed E-state index contributed by atoms with van der Waals surface area (Å²) in [5.41, 5.74) is 2.49. The topological polar surface area (TPSA) is 70.8 Å². The maximum Gasteiger partial charge on any atom is 0.296 e. The second-order valence-electron chi connectivity index (χ2n) is 6.84. The number of aryl methyl sites for hydroxylation is 2. The number of carbonyl (C=O) groups excluding carboxylic acids is 2. The molecule has 1 aliphatic rings. The molecule has 1 unspecified atom stereocenters. The molecule has 1 aliphatic heterocycles. The summed E-state index contributed by atoms with van der Waals surface area (Å²) in [4.78, 5) is 28.0. The van der Waals surface area contributed by atoms with Crippen LogP contribution in [0.25, 0.3) is 5.76 Å². The second kappa shape index (κ2) is 7.13. The number of hydrogen-bond acceptors (Lipinski definition) is 5. The molecule has 2 aromatic heterocycles. The Morgan fingerprint density at radius 3 is 2.68 bits per heavy atom. The van der Waals surface area contributed by atoms with E-state index in [0.717, 1.165) is 16.0 Å². The van der Waals surface area contributed by atoms with Gasteiger partial charge in [-0.1, -0.05) is 23.8 Å². The number of furan rings is 1. The van der Waals surface area contributed by atoms with Gasteiger partial charge in [-0.2, -0.15) is 0 Å². The Morgan fingerprint density at radius 1 is 1.18 bits per heavy atom. The van der Waals surface area contributed by atoms with Gasteiger partial charge < -0.3 is 14.4 Å². The number of likely N-dealkylation sites (tertiary alicyclic amines) is 1. The van der Waals surface area contributed by atoms with Crippen LogP contribution in [-0.4, -0.2) is 21.7 Å². The molecule has 0 spiro atoms. The molecule has 3 aromatic rings. The van der Waals surface area contributed by atoms with Crippen molar-refractivity contribution in [2.75, 3.05) is 0 Å². The summed E-state index contributed by atoms with van der Waals surface area (Å²) in [6, 6.07) is 12.2. The lowest BCUT2D eigenvalue weighted by Gasteiger charge is -2.23. The lowest BCUT2D eigenvalue weighted by molar-refractivity contribution is -0.140. The fourth-order valence-corrected chi connectivity index (χ4v) is 4.34. The van der Waals surface area contributed by atoms with Gasteiger partial charge in [0, 0.05) is 10.4 Å². The Morgan fingerprint density at radius 2 is 2.00 bits per heavy atom. The quantitative estimate of drug-likeness (QED) is 0.400. The zero-order chi connectivity index (χ0) is 19.8. The fraction of sp³-hybridized carbons (Fsp3) is 0.182. The third-order valence-corrected chi connectivity index (χ3v) is 5.83. The Labute approximate surface area is 166 Å². The van der Waals surface area contributed by atoms with Crippen LogP contribution in [0.1, 0.15) is 33.4 Å². The molecule has 0 aliphatic carbocycles. The van der Waals surface area contributed by atoms with Gasteiger partial charge >= 0.3 is 0 Å². The smallest absolute Gasteiger partial charge is 0.296 e. The number of ketones is 1. The maximum atomic E-state index is 12.9. The summed E-state index contributed by atoms with van der Waals surface area (Å²) in [5, 5.41) is 13.0. The predicted octanol–water partition coefficient (Wildman–Crippen LogP) is 4.58. The molecule has 1 saturated heterocycles. The van der Waals surface area contributed by atoms with Gasteiger partial charge in [0.1, 0.15) is 17.6 Å². The van der Waals surface area contributed by atoms with Crippen LogP contribution in [0.2, 0.25) is 0 Å². The fourth-order valence-electron chi connectivity index (χ4n) is 3.49. The minimum atomic E-state index is -0.677. The van der Waals surface area contributed by atoms with Crippen molar-refractivity contribution >= 4 is 28.8 Å². The van der Waals surface area contributed by atoms with Crippen molar-refractivity contribution in [3.8, 4) is 0 Å². The van der Waals surface area contributed by atoms with Crippen LogP contribution in [-0.2, 0) is 16.1 Å². The Bertz CT molecular complexity index is 1060. The number of amides is 1. The average molecular weight is 393 g/mol. The SMILES string of the molecule is Cc1ccc(C)c(/C(O)=C2/C(=O)C(=O)N(Cc3ccco3)C2c2cccs2)c1. The standard InChI is InChI=1S/C22H19NO4S/c1-13-7-8-14(2)16(11-13)20(24)18-19(17-6-4-10-28-17)23(22(26)21(18)25)12-15-5-3-9-27-15/h3-11,19,24H,12H2,1-2H3/b20-18-. The first-order valence-corrected chi connectivity index (χ1v) is 9.77. The van der Waals surface area contributed by atoms with E-state index in [-0.39, 0.29) is 17.9 Å². The van der Waals surface area contributed by atoms with E-state index in [1.165, 1.54) is 22.5 Å². The van der Waals surface area contributed by atoms with Gasteiger partial charge in [0.15, 0.2) is 0 Å². The molecule has 1 atom stereocenters. The molecule has 0 saturated carbocycles. The van der Waals surface area contributed by atoms with E-state index in [4.69, 9.17) is 4.42 Å². The monoisotopic (exact) mass is 393 g/mol. The van der Waals surface area contributed by atoms with Gasteiger partial charge in [-0.05, 0) is 49.1 Å². The number of thiophene rings is 1. The minimum Gasteiger partial charge on any atom is -0.507 e. The van der Waals surface area contributed by atoms with Gasteiger partial charge in [0.25, 0.3) is 11.7 Å². The Kier molecular flexibility index (Phi) is 4.65. The van der Waals surface area contributed by atoms with Crippen LogP contribution in [0.4, 0.5) is 0 Å². The second-order valence-corrected chi connectivity index (χ2v) is 7.82. The van der Waals surface area contributed by atoms with Crippen LogP contribution in [0, 0.1) is 13.8 Å². The molecule has 3 heterocycles. The number of hydrogen-bond donors (Lipinski definition) is 1. The first kappa shape index (κ1) is 18.3.